The van der Waals surface area contributed by atoms with E-state index in [4.69, 9.17) is 0 Å². The Kier molecular flexibility index (Phi) is 3.54. The number of nitrogens with zero attached hydrogens (tertiary/aromatic N) is 5. The van der Waals surface area contributed by atoms with Crippen molar-refractivity contribution in [2.45, 2.75) is 12.3 Å². The Morgan fingerprint density at radius 2 is 2.08 bits per heavy atom. The van der Waals surface area contributed by atoms with Crippen molar-refractivity contribution in [1.29, 1.82) is 0 Å². The molecule has 10 nitrogen and oxygen atoms in total. The lowest BCUT2D eigenvalue weighted by molar-refractivity contribution is -0.384. The van der Waals surface area contributed by atoms with Crippen LogP contribution in [0.4, 0.5) is 10.5 Å². The van der Waals surface area contributed by atoms with E-state index in [0.717, 1.165) is 11.3 Å². The summed E-state index contributed by atoms with van der Waals surface area (Å²) in [6, 6.07) is 5.84. The zero-order chi connectivity index (χ0) is 18.6. The molecule has 2 aromatic rings. The number of nitro benzene ring substituents is 1. The van der Waals surface area contributed by atoms with Crippen molar-refractivity contribution in [3.05, 3.63) is 59.6 Å². The number of fused-ring (bicyclic) bond motifs is 3. The monoisotopic (exact) mass is 374 g/mol. The third-order valence-corrected chi connectivity index (χ3v) is 5.46. The van der Waals surface area contributed by atoms with Crippen LogP contribution in [-0.2, 0) is 0 Å². The largest absolute Gasteiger partial charge is 0.323 e. The second kappa shape index (κ2) is 5.66. The fourth-order valence-corrected chi connectivity index (χ4v) is 4.12. The van der Waals surface area contributed by atoms with Crippen LogP contribution in [0.1, 0.15) is 11.7 Å². The summed E-state index contributed by atoms with van der Waals surface area (Å²) in [5.74, 6) is 0. The molecule has 1 saturated heterocycles. The Morgan fingerprint density at radius 3 is 2.81 bits per heavy atom. The molecular formula is C15H14N6O4S. The summed E-state index contributed by atoms with van der Waals surface area (Å²) in [7, 11) is 3.28. The predicted molar refractivity (Wildman–Crippen MR) is 92.9 cm³/mol. The number of hydrogen-bond donors (Lipinski definition) is 1. The molecule has 1 N–H and O–H groups in total. The number of thiazole rings is 1. The second-order valence-corrected chi connectivity index (χ2v) is 7.03. The average Bonchev–Trinajstić information content (AvgIpc) is 3.05. The van der Waals surface area contributed by atoms with Gasteiger partial charge < -0.3 is 9.80 Å². The number of carbonyl (C=O) groups excluding carboxylic acids is 1. The molecule has 3 heterocycles. The molecule has 2 amide bonds. The van der Waals surface area contributed by atoms with Crippen LogP contribution in [0.2, 0.25) is 0 Å². The number of hydrogen-bond acceptors (Lipinski definition) is 7. The minimum atomic E-state index is -0.504. The third-order valence-electron chi connectivity index (χ3n) is 4.47. The van der Waals surface area contributed by atoms with Gasteiger partial charge in [-0.25, -0.2) is 4.79 Å². The summed E-state index contributed by atoms with van der Waals surface area (Å²) in [6.45, 7) is 0. The summed E-state index contributed by atoms with van der Waals surface area (Å²) in [4.78, 5) is 38.9. The van der Waals surface area contributed by atoms with Crippen LogP contribution >= 0.6 is 11.3 Å². The summed E-state index contributed by atoms with van der Waals surface area (Å²) in [5, 5.41) is 15.1. The van der Waals surface area contributed by atoms with Crippen molar-refractivity contribution in [2.24, 2.45) is 5.10 Å². The lowest BCUT2D eigenvalue weighted by Crippen LogP contribution is -2.52. The first kappa shape index (κ1) is 16.3. The van der Waals surface area contributed by atoms with Gasteiger partial charge in [0.2, 0.25) is 4.80 Å². The van der Waals surface area contributed by atoms with Gasteiger partial charge in [0.25, 0.3) is 11.2 Å². The van der Waals surface area contributed by atoms with Crippen LogP contribution in [0.5, 0.6) is 0 Å². The van der Waals surface area contributed by atoms with Crippen molar-refractivity contribution in [1.82, 2.24) is 19.8 Å². The van der Waals surface area contributed by atoms with Crippen molar-refractivity contribution in [3.63, 3.8) is 0 Å². The van der Waals surface area contributed by atoms with Crippen molar-refractivity contribution in [2.75, 3.05) is 14.1 Å². The first-order valence-corrected chi connectivity index (χ1v) is 8.50. The van der Waals surface area contributed by atoms with Gasteiger partial charge in [-0.3, -0.25) is 24.9 Å². The van der Waals surface area contributed by atoms with Gasteiger partial charge in [0, 0.05) is 26.2 Å². The van der Waals surface area contributed by atoms with Crippen molar-refractivity contribution < 1.29 is 9.72 Å². The molecule has 4 rings (SSSR count). The number of likely N-dealkylation sites (N-methyl/N-ethyl adjacent to an activating group) is 2. The fourth-order valence-electron chi connectivity index (χ4n) is 3.16. The molecule has 0 spiro atoms. The highest BCUT2D eigenvalue weighted by Crippen LogP contribution is 2.26. The lowest BCUT2D eigenvalue weighted by Gasteiger charge is -2.27. The number of nitro groups is 1. The summed E-state index contributed by atoms with van der Waals surface area (Å²) >= 11 is 1.16. The molecule has 1 fully saturated rings. The molecule has 2 atom stereocenters. The van der Waals surface area contributed by atoms with Crippen molar-refractivity contribution in [3.8, 4) is 0 Å². The number of benzene rings is 1. The van der Waals surface area contributed by atoms with Gasteiger partial charge in [-0.05, 0) is 11.6 Å². The minimum absolute atomic E-state index is 0.0469. The van der Waals surface area contributed by atoms with Crippen LogP contribution in [-0.4, -0.2) is 45.6 Å². The molecule has 11 heteroatoms. The summed E-state index contributed by atoms with van der Waals surface area (Å²) < 4.78 is 1.87. The van der Waals surface area contributed by atoms with Crippen LogP contribution < -0.4 is 20.3 Å². The van der Waals surface area contributed by atoms with E-state index in [1.807, 2.05) is 0 Å². The van der Waals surface area contributed by atoms with E-state index < -0.39 is 17.3 Å². The topological polar surface area (TPSA) is 113 Å². The highest BCUT2D eigenvalue weighted by molar-refractivity contribution is 7.07. The van der Waals surface area contributed by atoms with Gasteiger partial charge in [-0.2, -0.15) is 0 Å². The summed E-state index contributed by atoms with van der Waals surface area (Å²) in [6.07, 6.45) is 0.657. The fraction of sp³-hybridized carbons (Fsp3) is 0.267. The molecule has 0 saturated carbocycles. The zero-order valence-electron chi connectivity index (χ0n) is 13.8. The Labute approximate surface area is 150 Å². The smallest absolute Gasteiger partial charge is 0.303 e. The van der Waals surface area contributed by atoms with E-state index in [1.54, 1.807) is 32.3 Å². The lowest BCUT2D eigenvalue weighted by atomic mass is 10.2. The number of amides is 2. The Morgan fingerprint density at radius 1 is 1.31 bits per heavy atom. The number of non-ortho nitro benzene ring substituents is 1. The second-order valence-electron chi connectivity index (χ2n) is 6.02. The third kappa shape index (κ3) is 2.28. The molecule has 0 radical (unpaired) electrons. The van der Waals surface area contributed by atoms with Crippen LogP contribution in [0.3, 0.4) is 0 Å². The van der Waals surface area contributed by atoms with Crippen molar-refractivity contribution >= 4 is 29.1 Å². The number of carbonyl (C=O) groups is 1. The minimum Gasteiger partial charge on any atom is -0.303 e. The number of urea groups is 1. The van der Waals surface area contributed by atoms with Gasteiger partial charge >= 0.3 is 6.03 Å². The summed E-state index contributed by atoms with van der Waals surface area (Å²) in [5.41, 5.74) is 3.13. The van der Waals surface area contributed by atoms with Gasteiger partial charge in [0.05, 0.1) is 9.46 Å². The van der Waals surface area contributed by atoms with Gasteiger partial charge in [-0.15, -0.1) is 5.10 Å². The number of rotatable bonds is 2. The normalized spacial score (nSPS) is 21.9. The van der Waals surface area contributed by atoms with Gasteiger partial charge in [0.15, 0.2) is 12.3 Å². The van der Waals surface area contributed by atoms with Crippen LogP contribution in [0, 0.1) is 10.1 Å². The van der Waals surface area contributed by atoms with Crippen LogP contribution in [0.25, 0.3) is 6.08 Å². The average molecular weight is 374 g/mol. The molecule has 2 aliphatic rings. The molecule has 0 bridgehead atoms. The highest BCUT2D eigenvalue weighted by atomic mass is 32.1. The molecule has 1 aromatic carbocycles. The van der Waals surface area contributed by atoms with E-state index in [0.29, 0.717) is 14.9 Å². The number of nitrogens with one attached hydrogen (secondary N) is 1. The number of aromatic nitrogens is 1. The maximum absolute atomic E-state index is 12.9. The van der Waals surface area contributed by atoms with Gasteiger partial charge in [-0.1, -0.05) is 23.5 Å². The maximum atomic E-state index is 12.9. The van der Waals surface area contributed by atoms with E-state index in [1.165, 1.54) is 26.5 Å². The maximum Gasteiger partial charge on any atom is 0.323 e. The molecule has 2 aliphatic heterocycles. The van der Waals surface area contributed by atoms with E-state index >= 15 is 0 Å². The van der Waals surface area contributed by atoms with Crippen LogP contribution in [0.15, 0.2) is 34.2 Å². The SMILES string of the molecule is CN1C(=O)N(C)C2C1NN=c1s/c(=C\c3cccc([N+](=O)[O-])c3)c(=O)n12. The highest BCUT2D eigenvalue weighted by Gasteiger charge is 2.46. The first-order valence-electron chi connectivity index (χ1n) is 7.69. The van der Waals surface area contributed by atoms with E-state index in [2.05, 4.69) is 10.5 Å². The van der Waals surface area contributed by atoms with E-state index in [9.17, 15) is 19.7 Å². The molecule has 26 heavy (non-hydrogen) atoms. The zero-order valence-corrected chi connectivity index (χ0v) is 14.6. The Bertz CT molecular complexity index is 1110. The molecular weight excluding hydrogens is 360 g/mol. The standard InChI is InChI=1S/C15H14N6O4S/c1-18-11-12(19(2)15(18)23)20-13(22)10(26-14(20)17-16-11)7-8-4-3-5-9(6-8)21(24)25/h3-7,11-12,16H,1-2H3/b10-7-. The molecule has 0 aliphatic carbocycles. The molecule has 1 aromatic heterocycles. The van der Waals surface area contributed by atoms with Gasteiger partial charge in [0.1, 0.15) is 0 Å². The predicted octanol–water partition coefficient (Wildman–Crippen LogP) is -0.394. The Balaban J connectivity index is 1.85. The van der Waals surface area contributed by atoms with E-state index in [-0.39, 0.29) is 17.3 Å². The quantitative estimate of drug-likeness (QED) is 0.568. The Hall–Kier alpha value is -3.21. The molecule has 2 unspecified atom stereocenters. The first-order chi connectivity index (χ1) is 12.4. The molecule has 134 valence electrons.